The molecule has 39 heavy (non-hydrogen) atoms. The summed E-state index contributed by atoms with van der Waals surface area (Å²) >= 11 is 0. The number of carbonyl (C=O) groups is 1. The summed E-state index contributed by atoms with van der Waals surface area (Å²) in [5.74, 6) is -6.98. The number of ether oxygens (including phenoxy) is 3. The molecule has 0 saturated heterocycles. The van der Waals surface area contributed by atoms with E-state index in [1.54, 1.807) is 0 Å². The van der Waals surface area contributed by atoms with Gasteiger partial charge in [-0.05, 0) is 19.4 Å². The Labute approximate surface area is 218 Å². The van der Waals surface area contributed by atoms with Crippen LogP contribution in [0.25, 0.3) is 0 Å². The fourth-order valence-electron chi connectivity index (χ4n) is 3.06. The van der Waals surface area contributed by atoms with Crippen LogP contribution in [0.3, 0.4) is 0 Å². The first-order valence-electron chi connectivity index (χ1n) is 10.7. The van der Waals surface area contributed by atoms with Gasteiger partial charge >= 0.3 is 42.9 Å². The number of aromatic nitrogens is 2. The van der Waals surface area contributed by atoms with Gasteiger partial charge in [-0.15, -0.1) is 0 Å². The molecular formula is C20H23F6N3O8S2+2. The molecule has 0 bridgehead atoms. The Morgan fingerprint density at radius 3 is 2.00 bits per heavy atom. The number of nitrogens with zero attached hydrogens (tertiary/aromatic N) is 2. The maximum absolute atomic E-state index is 13.6. The molecule has 2 aromatic rings. The number of rotatable bonds is 10. The molecule has 1 unspecified atom stereocenters. The number of H-pyrrole nitrogens is 1. The van der Waals surface area contributed by atoms with E-state index in [9.17, 15) is 48.0 Å². The van der Waals surface area contributed by atoms with Crippen LogP contribution in [-0.2, 0) is 52.7 Å². The summed E-state index contributed by atoms with van der Waals surface area (Å²) in [7, 11) is -13.6. The van der Waals surface area contributed by atoms with Gasteiger partial charge in [-0.25, -0.2) is 9.55 Å². The molecule has 218 valence electrons. The summed E-state index contributed by atoms with van der Waals surface area (Å²) in [4.78, 5) is 15.5. The topological polar surface area (TPSA) is 136 Å². The maximum atomic E-state index is 13.6. The van der Waals surface area contributed by atoms with Crippen molar-refractivity contribution in [2.24, 2.45) is 7.05 Å². The molecular weight excluding hydrogens is 588 g/mol. The van der Waals surface area contributed by atoms with E-state index in [0.717, 1.165) is 23.9 Å². The number of benzene rings is 1. The molecule has 2 rings (SSSR count). The molecule has 0 aliphatic heterocycles. The molecule has 1 aromatic carbocycles. The lowest BCUT2D eigenvalue weighted by Gasteiger charge is -2.18. The maximum Gasteiger partial charge on any atom is 0.561 e. The van der Waals surface area contributed by atoms with Crippen LogP contribution >= 0.6 is 0 Å². The van der Waals surface area contributed by atoms with Gasteiger partial charge in [0.05, 0.1) is 10.4 Å². The standard InChI is InChI=1S/C20H22F6N3O8S2/c1-4-35-13(2)37-18(30)15(16-27-10-11-28(16)3)17(36-12-14-8-6-5-7-9-14)29(38(31,32)19(21,22)23)39(33,34)20(24,25)26/h5-11,13,15H,4,12H2,1-3H3/q+1/p+1/t13-,15?/m1/s1. The molecule has 0 aliphatic carbocycles. The highest BCUT2D eigenvalue weighted by atomic mass is 32.3. The van der Waals surface area contributed by atoms with E-state index in [0.29, 0.717) is 0 Å². The molecule has 0 aliphatic rings. The van der Waals surface area contributed by atoms with E-state index < -0.39 is 71.0 Å². The molecule has 11 nitrogen and oxygen atoms in total. The Morgan fingerprint density at radius 1 is 1.03 bits per heavy atom. The third kappa shape index (κ3) is 7.07. The van der Waals surface area contributed by atoms with Crippen molar-refractivity contribution in [3.63, 3.8) is 0 Å². The third-order valence-electron chi connectivity index (χ3n) is 4.78. The summed E-state index contributed by atoms with van der Waals surface area (Å²) in [6.45, 7) is 1.62. The minimum atomic E-state index is -7.40. The van der Waals surface area contributed by atoms with Gasteiger partial charge in [0, 0.05) is 6.61 Å². The van der Waals surface area contributed by atoms with E-state index >= 15 is 0 Å². The first-order valence-corrected chi connectivity index (χ1v) is 13.6. The van der Waals surface area contributed by atoms with Crippen LogP contribution in [0, 0.1) is 0 Å². The minimum absolute atomic E-state index is 0.0481. The van der Waals surface area contributed by atoms with Crippen molar-refractivity contribution in [2.45, 2.75) is 43.7 Å². The van der Waals surface area contributed by atoms with Gasteiger partial charge in [0.2, 0.25) is 0 Å². The number of esters is 1. The largest absolute Gasteiger partial charge is 0.561 e. The zero-order chi connectivity index (χ0) is 29.8. The number of aromatic amines is 1. The van der Waals surface area contributed by atoms with Crippen molar-refractivity contribution in [3.05, 3.63) is 54.1 Å². The van der Waals surface area contributed by atoms with Crippen LogP contribution in [0.4, 0.5) is 26.3 Å². The lowest BCUT2D eigenvalue weighted by Crippen LogP contribution is -2.50. The van der Waals surface area contributed by atoms with Gasteiger partial charge in [-0.2, -0.15) is 43.2 Å². The van der Waals surface area contributed by atoms with Crippen molar-refractivity contribution in [1.29, 1.82) is 0 Å². The summed E-state index contributed by atoms with van der Waals surface area (Å²) in [6, 6.07) is 6.87. The number of hydrogen-bond donors (Lipinski definition) is 1. The summed E-state index contributed by atoms with van der Waals surface area (Å²) < 4.78 is 146. The molecule has 0 fully saturated rings. The second kappa shape index (κ2) is 11.9. The average Bonchev–Trinajstić information content (AvgIpc) is 3.21. The molecule has 0 spiro atoms. The van der Waals surface area contributed by atoms with Crippen LogP contribution in [0.5, 0.6) is 0 Å². The lowest BCUT2D eigenvalue weighted by atomic mass is 10.1. The van der Waals surface area contributed by atoms with Crippen LogP contribution in [-0.4, -0.2) is 61.0 Å². The fraction of sp³-hybridized carbons (Fsp3) is 0.450. The number of alkyl halides is 6. The first-order chi connectivity index (χ1) is 17.9. The van der Waals surface area contributed by atoms with Crippen LogP contribution < -0.4 is 4.57 Å². The summed E-state index contributed by atoms with van der Waals surface area (Å²) in [6.07, 6.45) is 0.793. The number of nitrogens with one attached hydrogen (secondary N) is 1. The minimum Gasteiger partial charge on any atom is -0.440 e. The molecule has 1 N–H and O–H groups in total. The van der Waals surface area contributed by atoms with E-state index in [-0.39, 0.29) is 12.2 Å². The molecule has 1 aromatic heterocycles. The number of carbonyl (C=O) groups excluding carboxylic acids is 1. The number of hydrogen-bond acceptors (Lipinski definition) is 8. The van der Waals surface area contributed by atoms with Crippen LogP contribution in [0.2, 0.25) is 0 Å². The monoisotopic (exact) mass is 611 g/mol. The second-order valence-electron chi connectivity index (χ2n) is 7.56. The lowest BCUT2D eigenvalue weighted by molar-refractivity contribution is -0.678. The zero-order valence-electron chi connectivity index (χ0n) is 20.4. The van der Waals surface area contributed by atoms with Crippen molar-refractivity contribution in [3.8, 4) is 0 Å². The van der Waals surface area contributed by atoms with Crippen molar-refractivity contribution >= 4 is 31.9 Å². The van der Waals surface area contributed by atoms with E-state index in [2.05, 4.69) is 4.98 Å². The highest BCUT2D eigenvalue weighted by Gasteiger charge is 2.70. The Hall–Kier alpha value is -3.19. The number of sulfonamides is 2. The average molecular weight is 612 g/mol. The predicted molar refractivity (Wildman–Crippen MR) is 118 cm³/mol. The van der Waals surface area contributed by atoms with Gasteiger partial charge in [0.25, 0.3) is 11.7 Å². The van der Waals surface area contributed by atoms with Crippen LogP contribution in [0.15, 0.2) is 42.7 Å². The van der Waals surface area contributed by atoms with E-state index in [4.69, 9.17) is 14.2 Å². The molecule has 0 radical (unpaired) electrons. The fourth-order valence-corrected chi connectivity index (χ4v) is 5.77. The number of halogens is 6. The summed E-state index contributed by atoms with van der Waals surface area (Å²) in [5, 5.41) is 0. The molecule has 0 amide bonds. The van der Waals surface area contributed by atoms with Crippen molar-refractivity contribution in [1.82, 2.24) is 4.98 Å². The molecule has 2 atom stereocenters. The first kappa shape index (κ1) is 32.0. The third-order valence-corrected chi connectivity index (χ3v) is 8.36. The number of imidazole rings is 1. The van der Waals surface area contributed by atoms with Gasteiger partial charge < -0.3 is 14.2 Å². The molecule has 0 saturated carbocycles. The van der Waals surface area contributed by atoms with E-state index in [1.165, 1.54) is 44.3 Å². The predicted octanol–water partition coefficient (Wildman–Crippen LogP) is 2.18. The van der Waals surface area contributed by atoms with Crippen molar-refractivity contribution in [2.75, 3.05) is 6.61 Å². The quantitative estimate of drug-likeness (QED) is 0.108. The number of aryl methyl sites for hydroxylation is 1. The Kier molecular flexibility index (Phi) is 9.78. The molecule has 19 heteroatoms. The van der Waals surface area contributed by atoms with Gasteiger partial charge in [0.15, 0.2) is 6.29 Å². The Morgan fingerprint density at radius 2 is 1.56 bits per heavy atom. The highest BCUT2D eigenvalue weighted by Crippen LogP contribution is 2.34. The van der Waals surface area contributed by atoms with E-state index in [1.807, 2.05) is 0 Å². The Bertz CT molecular complexity index is 1360. The molecule has 1 heterocycles. The smallest absolute Gasteiger partial charge is 0.440 e. The Balaban J connectivity index is 3.04. The SMILES string of the molecule is CCO[C@@H](C)OC(=O)C(C(OCc1ccccc1)=[N+](S(=O)(=O)C(F)(F)F)S(=O)(=O)C(F)(F)F)c1[nH]cc[n+]1C. The van der Waals surface area contributed by atoms with Crippen molar-refractivity contribution < 1.29 is 70.1 Å². The van der Waals surface area contributed by atoms with Gasteiger partial charge in [0.1, 0.15) is 19.0 Å². The highest BCUT2D eigenvalue weighted by molar-refractivity contribution is 7.98. The second-order valence-corrected chi connectivity index (χ2v) is 11.3. The van der Waals surface area contributed by atoms with Gasteiger partial charge in [-0.1, -0.05) is 30.3 Å². The van der Waals surface area contributed by atoms with Crippen LogP contribution in [0.1, 0.15) is 31.2 Å². The van der Waals surface area contributed by atoms with Gasteiger partial charge in [-0.3, -0.25) is 4.79 Å². The normalized spacial score (nSPS) is 14.4. The summed E-state index contributed by atoms with van der Waals surface area (Å²) in [5.41, 5.74) is -13.1. The zero-order valence-corrected chi connectivity index (χ0v) is 22.0.